The molecule has 4 rings (SSSR count). The smallest absolute Gasteiger partial charge is 0.0730 e. The average molecular weight is 317 g/mol. The van der Waals surface area contributed by atoms with E-state index in [1.165, 1.54) is 35.7 Å². The molecule has 2 unspecified atom stereocenters. The lowest BCUT2D eigenvalue weighted by Crippen LogP contribution is -2.20. The first-order valence-electron chi connectivity index (χ1n) is 8.80. The number of para-hydroxylation sites is 2. The summed E-state index contributed by atoms with van der Waals surface area (Å²) >= 11 is 0. The summed E-state index contributed by atoms with van der Waals surface area (Å²) in [6.07, 6.45) is 3.88. The summed E-state index contributed by atoms with van der Waals surface area (Å²) < 4.78 is 0. The molecular weight excluding hydrogens is 294 g/mol. The first-order chi connectivity index (χ1) is 11.9. The Balaban J connectivity index is 1.70. The predicted molar refractivity (Wildman–Crippen MR) is 103 cm³/mol. The van der Waals surface area contributed by atoms with E-state index in [1.807, 2.05) is 0 Å². The Labute approximate surface area is 142 Å². The van der Waals surface area contributed by atoms with E-state index in [1.54, 1.807) is 0 Å². The van der Waals surface area contributed by atoms with Gasteiger partial charge in [-0.05, 0) is 43.5 Å². The highest BCUT2D eigenvalue weighted by Crippen LogP contribution is 2.35. The molecule has 0 radical (unpaired) electrons. The summed E-state index contributed by atoms with van der Waals surface area (Å²) in [6, 6.07) is 16.8. The van der Waals surface area contributed by atoms with Crippen LogP contribution < -0.4 is 5.32 Å². The Morgan fingerprint density at radius 2 is 1.58 bits per heavy atom. The second kappa shape index (κ2) is 6.60. The lowest BCUT2D eigenvalue weighted by molar-refractivity contribution is 0.416. The molecule has 3 aromatic rings. The maximum atomic E-state index is 4.80. The molecule has 1 aliphatic carbocycles. The Bertz CT molecular complexity index is 817. The molecule has 3 nitrogen and oxygen atoms in total. The van der Waals surface area contributed by atoms with Crippen LogP contribution in [0.25, 0.3) is 21.8 Å². The second-order valence-corrected chi connectivity index (χ2v) is 6.76. The zero-order valence-corrected chi connectivity index (χ0v) is 13.9. The molecule has 1 aliphatic rings. The van der Waals surface area contributed by atoms with Gasteiger partial charge in [0.1, 0.15) is 0 Å². The molecule has 1 fully saturated rings. The molecule has 122 valence electrons. The van der Waals surface area contributed by atoms with Crippen LogP contribution in [-0.4, -0.2) is 24.8 Å². The standard InChI is InChI=1S/C21H23N3/c1-22-13-15-7-6-8-16(15)14-23-21-17-9-2-4-11-19(17)24-20-12-5-3-10-18(20)21/h2-5,9-12,15-16H,1,6-8,13-14H2,(H,23,24). The lowest BCUT2D eigenvalue weighted by atomic mass is 9.95. The lowest BCUT2D eigenvalue weighted by Gasteiger charge is -2.20. The Kier molecular flexibility index (Phi) is 4.16. The van der Waals surface area contributed by atoms with E-state index in [9.17, 15) is 0 Å². The topological polar surface area (TPSA) is 37.3 Å². The third-order valence-electron chi connectivity index (χ3n) is 5.31. The van der Waals surface area contributed by atoms with Gasteiger partial charge in [-0.15, -0.1) is 0 Å². The minimum atomic E-state index is 0.675. The first kappa shape index (κ1) is 15.1. The molecule has 0 saturated heterocycles. The molecule has 24 heavy (non-hydrogen) atoms. The average Bonchev–Trinajstić information content (AvgIpc) is 3.06. The maximum Gasteiger partial charge on any atom is 0.0730 e. The van der Waals surface area contributed by atoms with Crippen LogP contribution in [0.2, 0.25) is 0 Å². The predicted octanol–water partition coefficient (Wildman–Crippen LogP) is 4.92. The highest BCUT2D eigenvalue weighted by molar-refractivity contribution is 6.07. The van der Waals surface area contributed by atoms with Crippen molar-refractivity contribution in [1.82, 2.24) is 4.98 Å². The van der Waals surface area contributed by atoms with Gasteiger partial charge in [0.05, 0.1) is 16.7 Å². The molecule has 0 spiro atoms. The zero-order chi connectivity index (χ0) is 16.4. The number of aliphatic imine (C=N–C) groups is 1. The van der Waals surface area contributed by atoms with E-state index < -0.39 is 0 Å². The number of hydrogen-bond donors (Lipinski definition) is 1. The summed E-state index contributed by atoms with van der Waals surface area (Å²) in [7, 11) is 0. The van der Waals surface area contributed by atoms with Crippen molar-refractivity contribution < 1.29 is 0 Å². The number of nitrogens with zero attached hydrogens (tertiary/aromatic N) is 2. The summed E-state index contributed by atoms with van der Waals surface area (Å²) in [5, 5.41) is 6.16. The molecule has 1 heterocycles. The molecule has 1 saturated carbocycles. The van der Waals surface area contributed by atoms with Crippen molar-refractivity contribution in [1.29, 1.82) is 0 Å². The van der Waals surface area contributed by atoms with E-state index in [4.69, 9.17) is 4.98 Å². The van der Waals surface area contributed by atoms with Gasteiger partial charge in [0.15, 0.2) is 0 Å². The van der Waals surface area contributed by atoms with Gasteiger partial charge in [-0.3, -0.25) is 0 Å². The minimum absolute atomic E-state index is 0.675. The van der Waals surface area contributed by atoms with Gasteiger partial charge in [0, 0.05) is 23.9 Å². The van der Waals surface area contributed by atoms with Crippen molar-refractivity contribution in [3.63, 3.8) is 0 Å². The van der Waals surface area contributed by atoms with Crippen molar-refractivity contribution >= 4 is 34.2 Å². The zero-order valence-electron chi connectivity index (χ0n) is 13.9. The van der Waals surface area contributed by atoms with Crippen molar-refractivity contribution in [3.8, 4) is 0 Å². The van der Waals surface area contributed by atoms with Gasteiger partial charge in [-0.2, -0.15) is 0 Å². The van der Waals surface area contributed by atoms with Crippen LogP contribution in [0, 0.1) is 11.8 Å². The summed E-state index contributed by atoms with van der Waals surface area (Å²) in [5.41, 5.74) is 3.32. The fraction of sp³-hybridized carbons (Fsp3) is 0.333. The molecule has 0 aliphatic heterocycles. The summed E-state index contributed by atoms with van der Waals surface area (Å²) in [5.74, 6) is 1.36. The minimum Gasteiger partial charge on any atom is -0.384 e. The molecule has 1 N–H and O–H groups in total. The number of anilines is 1. The van der Waals surface area contributed by atoms with Crippen LogP contribution in [0.3, 0.4) is 0 Å². The fourth-order valence-electron chi connectivity index (χ4n) is 4.05. The third kappa shape index (κ3) is 2.75. The van der Waals surface area contributed by atoms with Crippen LogP contribution in [0.1, 0.15) is 19.3 Å². The molecule has 0 amide bonds. The van der Waals surface area contributed by atoms with Crippen molar-refractivity contribution in [3.05, 3.63) is 48.5 Å². The number of aromatic nitrogens is 1. The van der Waals surface area contributed by atoms with Crippen LogP contribution in [0.5, 0.6) is 0 Å². The van der Waals surface area contributed by atoms with Crippen molar-refractivity contribution in [2.75, 3.05) is 18.4 Å². The fourth-order valence-corrected chi connectivity index (χ4v) is 4.05. The summed E-state index contributed by atoms with van der Waals surface area (Å²) in [4.78, 5) is 8.93. The van der Waals surface area contributed by atoms with Gasteiger partial charge in [0.2, 0.25) is 0 Å². The van der Waals surface area contributed by atoms with E-state index in [0.717, 1.165) is 24.1 Å². The number of pyridine rings is 1. The Morgan fingerprint density at radius 1 is 0.958 bits per heavy atom. The van der Waals surface area contributed by atoms with Gasteiger partial charge in [0.25, 0.3) is 0 Å². The number of benzene rings is 2. The van der Waals surface area contributed by atoms with E-state index in [-0.39, 0.29) is 0 Å². The van der Waals surface area contributed by atoms with Crippen LogP contribution >= 0.6 is 0 Å². The second-order valence-electron chi connectivity index (χ2n) is 6.76. The van der Waals surface area contributed by atoms with Crippen molar-refractivity contribution in [2.45, 2.75) is 19.3 Å². The highest BCUT2D eigenvalue weighted by Gasteiger charge is 2.26. The van der Waals surface area contributed by atoms with E-state index in [2.05, 4.69) is 65.6 Å². The molecule has 2 aromatic carbocycles. The number of hydrogen-bond acceptors (Lipinski definition) is 3. The SMILES string of the molecule is C=NCC1CCCC1CNc1c2ccccc2nc2ccccc12. The normalized spacial score (nSPS) is 20.5. The third-order valence-corrected chi connectivity index (χ3v) is 5.31. The Hall–Kier alpha value is -2.42. The highest BCUT2D eigenvalue weighted by atomic mass is 14.9. The molecular formula is C21H23N3. The summed E-state index contributed by atoms with van der Waals surface area (Å²) in [6.45, 7) is 5.57. The van der Waals surface area contributed by atoms with Gasteiger partial charge in [-0.25, -0.2) is 4.98 Å². The quantitative estimate of drug-likeness (QED) is 0.536. The largest absolute Gasteiger partial charge is 0.384 e. The number of fused-ring (bicyclic) bond motifs is 2. The van der Waals surface area contributed by atoms with Gasteiger partial charge in [-0.1, -0.05) is 42.8 Å². The number of rotatable bonds is 5. The monoisotopic (exact) mass is 317 g/mol. The first-order valence-corrected chi connectivity index (χ1v) is 8.80. The maximum absolute atomic E-state index is 4.80. The molecule has 1 aromatic heterocycles. The van der Waals surface area contributed by atoms with Crippen molar-refractivity contribution in [2.24, 2.45) is 16.8 Å². The molecule has 2 atom stereocenters. The van der Waals surface area contributed by atoms with E-state index in [0.29, 0.717) is 11.8 Å². The van der Waals surface area contributed by atoms with Gasteiger partial charge >= 0.3 is 0 Å². The van der Waals surface area contributed by atoms with Crippen LogP contribution in [-0.2, 0) is 0 Å². The Morgan fingerprint density at radius 3 is 2.25 bits per heavy atom. The van der Waals surface area contributed by atoms with Crippen LogP contribution in [0.4, 0.5) is 5.69 Å². The van der Waals surface area contributed by atoms with Crippen LogP contribution in [0.15, 0.2) is 53.5 Å². The molecule has 3 heteroatoms. The number of nitrogens with one attached hydrogen (secondary N) is 1. The van der Waals surface area contributed by atoms with Gasteiger partial charge < -0.3 is 10.3 Å². The van der Waals surface area contributed by atoms with E-state index >= 15 is 0 Å². The molecule has 0 bridgehead atoms.